The Morgan fingerprint density at radius 1 is 1.20 bits per heavy atom. The first kappa shape index (κ1) is 12.9. The number of nitrogens with zero attached hydrogens (tertiary/aromatic N) is 2. The van der Waals surface area contributed by atoms with Gasteiger partial charge in [0.15, 0.2) is 12.2 Å². The molecule has 0 fully saturated rings. The second-order valence-electron chi connectivity index (χ2n) is 5.27. The minimum absolute atomic E-state index is 0.361. The SMILES string of the molecule is CN(C)CC1C=CC=C1c1ocnc1-c1ccccc1. The molecule has 0 aliphatic heterocycles. The van der Waals surface area contributed by atoms with Crippen molar-refractivity contribution in [3.8, 4) is 11.3 Å². The molecule has 102 valence electrons. The predicted molar refractivity (Wildman–Crippen MR) is 81.1 cm³/mol. The van der Waals surface area contributed by atoms with E-state index in [1.54, 1.807) is 0 Å². The molecule has 0 spiro atoms. The van der Waals surface area contributed by atoms with Crippen LogP contribution in [-0.2, 0) is 0 Å². The van der Waals surface area contributed by atoms with E-state index in [0.29, 0.717) is 5.92 Å². The number of rotatable bonds is 4. The third-order valence-electron chi connectivity index (χ3n) is 3.46. The summed E-state index contributed by atoms with van der Waals surface area (Å²) in [4.78, 5) is 6.58. The van der Waals surface area contributed by atoms with Gasteiger partial charge >= 0.3 is 0 Å². The summed E-state index contributed by atoms with van der Waals surface area (Å²) in [5, 5.41) is 0. The van der Waals surface area contributed by atoms with Crippen LogP contribution in [0.3, 0.4) is 0 Å². The third kappa shape index (κ3) is 2.45. The minimum Gasteiger partial charge on any atom is -0.443 e. The highest BCUT2D eigenvalue weighted by atomic mass is 16.3. The first-order valence-corrected chi connectivity index (χ1v) is 6.78. The topological polar surface area (TPSA) is 29.3 Å². The van der Waals surface area contributed by atoms with Crippen LogP contribution in [0.1, 0.15) is 5.76 Å². The zero-order valence-electron chi connectivity index (χ0n) is 11.8. The largest absolute Gasteiger partial charge is 0.443 e. The maximum Gasteiger partial charge on any atom is 0.182 e. The lowest BCUT2D eigenvalue weighted by molar-refractivity contribution is 0.388. The first-order valence-electron chi connectivity index (χ1n) is 6.78. The van der Waals surface area contributed by atoms with Gasteiger partial charge < -0.3 is 9.32 Å². The Hall–Kier alpha value is -2.13. The molecule has 1 atom stereocenters. The lowest BCUT2D eigenvalue weighted by atomic mass is 9.97. The average molecular weight is 266 g/mol. The summed E-state index contributed by atoms with van der Waals surface area (Å²) in [7, 11) is 4.17. The summed E-state index contributed by atoms with van der Waals surface area (Å²) in [6.45, 7) is 0.970. The standard InChI is InChI=1S/C17H18N2O/c1-19(2)11-14-9-6-10-15(14)17-16(18-12-20-17)13-7-4-3-5-8-13/h3-10,12,14H,11H2,1-2H3. The molecule has 1 aromatic carbocycles. The fourth-order valence-electron chi connectivity index (χ4n) is 2.57. The Bertz CT molecular complexity index is 638. The van der Waals surface area contributed by atoms with Crippen LogP contribution in [0.15, 0.2) is 59.4 Å². The van der Waals surface area contributed by atoms with Crippen LogP contribution in [-0.4, -0.2) is 30.5 Å². The van der Waals surface area contributed by atoms with Crippen molar-refractivity contribution < 1.29 is 4.42 Å². The second-order valence-corrected chi connectivity index (χ2v) is 5.27. The predicted octanol–water partition coefficient (Wildman–Crippen LogP) is 3.47. The molecule has 1 heterocycles. The van der Waals surface area contributed by atoms with E-state index in [1.807, 2.05) is 18.2 Å². The molecule has 1 aliphatic carbocycles. The molecule has 0 radical (unpaired) electrons. The summed E-state index contributed by atoms with van der Waals surface area (Å²) in [5.74, 6) is 1.24. The lowest BCUT2D eigenvalue weighted by Gasteiger charge is -2.17. The molecule has 1 aromatic heterocycles. The van der Waals surface area contributed by atoms with E-state index < -0.39 is 0 Å². The first-order chi connectivity index (χ1) is 9.75. The maximum absolute atomic E-state index is 5.68. The Morgan fingerprint density at radius 2 is 2.00 bits per heavy atom. The summed E-state index contributed by atoms with van der Waals surface area (Å²) in [6, 6.07) is 10.2. The van der Waals surface area contributed by atoms with Crippen LogP contribution in [0.4, 0.5) is 0 Å². The molecule has 1 aliphatic rings. The summed E-state index contributed by atoms with van der Waals surface area (Å²) < 4.78 is 5.68. The third-order valence-corrected chi connectivity index (χ3v) is 3.46. The van der Waals surface area contributed by atoms with Gasteiger partial charge in [-0.25, -0.2) is 4.98 Å². The van der Waals surface area contributed by atoms with Crippen LogP contribution < -0.4 is 0 Å². The van der Waals surface area contributed by atoms with Crippen LogP contribution >= 0.6 is 0 Å². The number of aromatic nitrogens is 1. The molecule has 2 aromatic rings. The zero-order chi connectivity index (χ0) is 13.9. The van der Waals surface area contributed by atoms with Crippen molar-refractivity contribution in [1.29, 1.82) is 0 Å². The number of allylic oxidation sites excluding steroid dienone is 2. The molecular weight excluding hydrogens is 248 g/mol. The number of hydrogen-bond acceptors (Lipinski definition) is 3. The molecule has 0 saturated carbocycles. The molecule has 1 unspecified atom stereocenters. The quantitative estimate of drug-likeness (QED) is 0.848. The van der Waals surface area contributed by atoms with Crippen molar-refractivity contribution in [3.63, 3.8) is 0 Å². The van der Waals surface area contributed by atoms with Gasteiger partial charge in [-0.3, -0.25) is 0 Å². The van der Waals surface area contributed by atoms with Gasteiger partial charge in [-0.05, 0) is 14.1 Å². The van der Waals surface area contributed by atoms with Crippen molar-refractivity contribution in [3.05, 3.63) is 60.7 Å². The van der Waals surface area contributed by atoms with Gasteiger partial charge in [-0.15, -0.1) is 0 Å². The molecule has 20 heavy (non-hydrogen) atoms. The van der Waals surface area contributed by atoms with Crippen molar-refractivity contribution in [2.75, 3.05) is 20.6 Å². The van der Waals surface area contributed by atoms with Crippen LogP contribution in [0.5, 0.6) is 0 Å². The smallest absolute Gasteiger partial charge is 0.182 e. The maximum atomic E-state index is 5.68. The fourth-order valence-corrected chi connectivity index (χ4v) is 2.57. The highest BCUT2D eigenvalue weighted by Gasteiger charge is 2.23. The molecular formula is C17H18N2O. The highest BCUT2D eigenvalue weighted by molar-refractivity contribution is 5.79. The molecule has 0 amide bonds. The zero-order valence-corrected chi connectivity index (χ0v) is 11.8. The molecule has 0 saturated heterocycles. The van der Waals surface area contributed by atoms with E-state index in [0.717, 1.165) is 23.6 Å². The molecule has 3 heteroatoms. The van der Waals surface area contributed by atoms with Crippen LogP contribution in [0.25, 0.3) is 16.8 Å². The Morgan fingerprint density at radius 3 is 2.75 bits per heavy atom. The molecule has 3 nitrogen and oxygen atoms in total. The van der Waals surface area contributed by atoms with Crippen LogP contribution in [0.2, 0.25) is 0 Å². The normalized spacial score (nSPS) is 17.8. The van der Waals surface area contributed by atoms with Gasteiger partial charge in [0, 0.05) is 23.6 Å². The van der Waals surface area contributed by atoms with Gasteiger partial charge in [0.1, 0.15) is 5.69 Å². The Kier molecular flexibility index (Phi) is 3.52. The van der Waals surface area contributed by atoms with Crippen molar-refractivity contribution in [2.45, 2.75) is 0 Å². The van der Waals surface area contributed by atoms with Gasteiger partial charge in [0.2, 0.25) is 0 Å². The number of oxazole rings is 1. The number of hydrogen-bond donors (Lipinski definition) is 0. The highest BCUT2D eigenvalue weighted by Crippen LogP contribution is 2.35. The average Bonchev–Trinajstić information content (AvgIpc) is 3.07. The second kappa shape index (κ2) is 5.47. The molecule has 0 N–H and O–H groups in total. The van der Waals surface area contributed by atoms with E-state index in [9.17, 15) is 0 Å². The van der Waals surface area contributed by atoms with Crippen molar-refractivity contribution in [1.82, 2.24) is 9.88 Å². The van der Waals surface area contributed by atoms with E-state index >= 15 is 0 Å². The number of benzene rings is 1. The van der Waals surface area contributed by atoms with Gasteiger partial charge in [0.25, 0.3) is 0 Å². The van der Waals surface area contributed by atoms with Crippen molar-refractivity contribution >= 4 is 5.57 Å². The van der Waals surface area contributed by atoms with E-state index in [-0.39, 0.29) is 0 Å². The summed E-state index contributed by atoms with van der Waals surface area (Å²) in [6.07, 6.45) is 7.97. The van der Waals surface area contributed by atoms with Crippen molar-refractivity contribution in [2.24, 2.45) is 5.92 Å². The van der Waals surface area contributed by atoms with Gasteiger partial charge in [-0.2, -0.15) is 0 Å². The minimum atomic E-state index is 0.361. The van der Waals surface area contributed by atoms with E-state index in [2.05, 4.69) is 54.3 Å². The van der Waals surface area contributed by atoms with Gasteiger partial charge in [0.05, 0.1) is 0 Å². The molecule has 0 bridgehead atoms. The van der Waals surface area contributed by atoms with E-state index in [1.165, 1.54) is 12.0 Å². The van der Waals surface area contributed by atoms with Crippen LogP contribution in [0, 0.1) is 5.92 Å². The van der Waals surface area contributed by atoms with E-state index in [4.69, 9.17) is 4.42 Å². The summed E-state index contributed by atoms with van der Waals surface area (Å²) >= 11 is 0. The Labute approximate surface area is 119 Å². The monoisotopic (exact) mass is 266 g/mol. The van der Waals surface area contributed by atoms with Gasteiger partial charge in [-0.1, -0.05) is 48.6 Å². The lowest BCUT2D eigenvalue weighted by Crippen LogP contribution is -2.20. The summed E-state index contributed by atoms with van der Waals surface area (Å²) in [5.41, 5.74) is 3.21. The fraction of sp³-hybridized carbons (Fsp3) is 0.235. The molecule has 3 rings (SSSR count). The Balaban J connectivity index is 1.95.